The minimum Gasteiger partial charge on any atom is -0.373 e. The van der Waals surface area contributed by atoms with Gasteiger partial charge in [0.05, 0.1) is 0 Å². The largest absolute Gasteiger partial charge is 0.373 e. The molecule has 1 unspecified atom stereocenters. The number of aromatic nitrogens is 2. The molecule has 0 spiro atoms. The van der Waals surface area contributed by atoms with E-state index in [4.69, 9.17) is 0 Å². The van der Waals surface area contributed by atoms with Gasteiger partial charge in [-0.2, -0.15) is 0 Å². The molecule has 1 aliphatic rings. The van der Waals surface area contributed by atoms with Crippen LogP contribution >= 0.6 is 0 Å². The van der Waals surface area contributed by atoms with Crippen molar-refractivity contribution >= 4 is 5.82 Å². The number of nitrogens with zero attached hydrogens (tertiary/aromatic N) is 3. The third kappa shape index (κ3) is 1.05. The molecule has 58 valence electrons. The van der Waals surface area contributed by atoms with E-state index in [0.717, 1.165) is 18.8 Å². The van der Waals surface area contributed by atoms with E-state index in [1.54, 1.807) is 12.3 Å². The van der Waals surface area contributed by atoms with E-state index in [-0.39, 0.29) is 6.23 Å². The maximum Gasteiger partial charge on any atom is 0.133 e. The second-order valence-corrected chi connectivity index (χ2v) is 2.53. The highest BCUT2D eigenvalue weighted by Crippen LogP contribution is 2.21. The lowest BCUT2D eigenvalue weighted by Crippen LogP contribution is -2.48. The van der Waals surface area contributed by atoms with Gasteiger partial charge in [-0.05, 0) is 6.07 Å². The van der Waals surface area contributed by atoms with Gasteiger partial charge in [0.25, 0.3) is 0 Å². The Morgan fingerprint density at radius 3 is 3.00 bits per heavy atom. The lowest BCUT2D eigenvalue weighted by Gasteiger charge is -2.37. The maximum atomic E-state index is 9.23. The molecule has 0 saturated carbocycles. The quantitative estimate of drug-likeness (QED) is 0.614. The first-order valence-electron chi connectivity index (χ1n) is 3.58. The summed E-state index contributed by atoms with van der Waals surface area (Å²) < 4.78 is 0. The molecule has 1 aliphatic heterocycles. The molecule has 0 aliphatic carbocycles. The Labute approximate surface area is 64.5 Å². The van der Waals surface area contributed by atoms with Crippen LogP contribution in [0.1, 0.15) is 6.42 Å². The van der Waals surface area contributed by atoms with Gasteiger partial charge >= 0.3 is 0 Å². The minimum absolute atomic E-state index is 0.343. The first-order valence-corrected chi connectivity index (χ1v) is 3.58. The minimum atomic E-state index is -0.343. The Hall–Kier alpha value is -1.16. The van der Waals surface area contributed by atoms with Crippen LogP contribution in [0.5, 0.6) is 0 Å². The third-order valence-electron chi connectivity index (χ3n) is 1.85. The smallest absolute Gasteiger partial charge is 0.133 e. The van der Waals surface area contributed by atoms with Crippen LogP contribution in [0, 0.1) is 0 Å². The van der Waals surface area contributed by atoms with Crippen molar-refractivity contribution in [1.82, 2.24) is 9.97 Å². The Bertz CT molecular complexity index is 239. The van der Waals surface area contributed by atoms with Crippen molar-refractivity contribution in [2.45, 2.75) is 12.6 Å². The average Bonchev–Trinajstić information content (AvgIpc) is 2.04. The Balaban J connectivity index is 2.17. The summed E-state index contributed by atoms with van der Waals surface area (Å²) in [5.74, 6) is 0.804. The van der Waals surface area contributed by atoms with Gasteiger partial charge in [0.15, 0.2) is 0 Å². The highest BCUT2D eigenvalue weighted by atomic mass is 16.3. The summed E-state index contributed by atoms with van der Waals surface area (Å²) in [6, 6.07) is 1.79. The maximum absolute atomic E-state index is 9.23. The van der Waals surface area contributed by atoms with Gasteiger partial charge in [-0.3, -0.25) is 0 Å². The number of rotatable bonds is 1. The molecule has 1 aromatic heterocycles. The van der Waals surface area contributed by atoms with E-state index >= 15 is 0 Å². The van der Waals surface area contributed by atoms with Crippen LogP contribution in [-0.2, 0) is 0 Å². The summed E-state index contributed by atoms with van der Waals surface area (Å²) in [6.45, 7) is 0.887. The van der Waals surface area contributed by atoms with Crippen molar-refractivity contribution in [3.63, 3.8) is 0 Å². The van der Waals surface area contributed by atoms with Crippen molar-refractivity contribution in [2.75, 3.05) is 11.4 Å². The van der Waals surface area contributed by atoms with E-state index in [9.17, 15) is 5.11 Å². The molecule has 0 aromatic carbocycles. The van der Waals surface area contributed by atoms with Gasteiger partial charge in [0, 0.05) is 19.2 Å². The molecule has 4 nitrogen and oxygen atoms in total. The van der Waals surface area contributed by atoms with Gasteiger partial charge in [-0.1, -0.05) is 0 Å². The predicted molar refractivity (Wildman–Crippen MR) is 40.0 cm³/mol. The summed E-state index contributed by atoms with van der Waals surface area (Å²) in [7, 11) is 0. The van der Waals surface area contributed by atoms with Gasteiger partial charge in [0.2, 0.25) is 0 Å². The van der Waals surface area contributed by atoms with Crippen LogP contribution in [0.3, 0.4) is 0 Å². The molecule has 1 atom stereocenters. The van der Waals surface area contributed by atoms with E-state index in [1.807, 2.05) is 4.90 Å². The number of hydrogen-bond donors (Lipinski definition) is 1. The molecule has 1 fully saturated rings. The predicted octanol–water partition coefficient (Wildman–Crippen LogP) is 0.00510. The number of anilines is 1. The zero-order chi connectivity index (χ0) is 7.68. The fourth-order valence-corrected chi connectivity index (χ4v) is 1.09. The van der Waals surface area contributed by atoms with Gasteiger partial charge < -0.3 is 10.0 Å². The van der Waals surface area contributed by atoms with Gasteiger partial charge in [-0.25, -0.2) is 9.97 Å². The average molecular weight is 151 g/mol. The van der Waals surface area contributed by atoms with E-state index in [1.165, 1.54) is 6.33 Å². The second-order valence-electron chi connectivity index (χ2n) is 2.53. The van der Waals surface area contributed by atoms with Crippen molar-refractivity contribution in [3.8, 4) is 0 Å². The summed E-state index contributed by atoms with van der Waals surface area (Å²) in [4.78, 5) is 9.63. The molecule has 1 saturated heterocycles. The number of hydrogen-bond acceptors (Lipinski definition) is 4. The highest BCUT2D eigenvalue weighted by molar-refractivity contribution is 5.39. The molecule has 1 aromatic rings. The molecule has 4 heteroatoms. The van der Waals surface area contributed by atoms with Crippen LogP contribution in [-0.4, -0.2) is 27.8 Å². The summed E-state index contributed by atoms with van der Waals surface area (Å²) in [5.41, 5.74) is 0. The van der Waals surface area contributed by atoms with E-state index < -0.39 is 0 Å². The van der Waals surface area contributed by atoms with Crippen molar-refractivity contribution in [3.05, 3.63) is 18.6 Å². The number of aliphatic hydroxyl groups is 1. The SMILES string of the molecule is OC1CCN1c1ccncn1. The zero-order valence-corrected chi connectivity index (χ0v) is 6.01. The Morgan fingerprint density at radius 1 is 1.64 bits per heavy atom. The molecular formula is C7H9N3O. The first-order chi connectivity index (χ1) is 5.38. The van der Waals surface area contributed by atoms with Crippen LogP contribution in [0.2, 0.25) is 0 Å². The highest BCUT2D eigenvalue weighted by Gasteiger charge is 2.26. The van der Waals surface area contributed by atoms with E-state index in [0.29, 0.717) is 0 Å². The molecule has 11 heavy (non-hydrogen) atoms. The fraction of sp³-hybridized carbons (Fsp3) is 0.429. The number of aliphatic hydroxyl groups excluding tert-OH is 1. The van der Waals surface area contributed by atoms with Crippen LogP contribution in [0.15, 0.2) is 18.6 Å². The molecule has 2 heterocycles. The van der Waals surface area contributed by atoms with Crippen LogP contribution in [0.25, 0.3) is 0 Å². The second kappa shape index (κ2) is 2.47. The van der Waals surface area contributed by atoms with Gasteiger partial charge in [0.1, 0.15) is 18.4 Å². The van der Waals surface area contributed by atoms with Crippen LogP contribution in [0.4, 0.5) is 5.82 Å². The van der Waals surface area contributed by atoms with Crippen molar-refractivity contribution in [1.29, 1.82) is 0 Å². The standard InChI is InChI=1S/C7H9N3O/c11-7-2-4-10(7)6-1-3-8-5-9-6/h1,3,5,7,11H,2,4H2. The van der Waals surface area contributed by atoms with E-state index in [2.05, 4.69) is 9.97 Å². The van der Waals surface area contributed by atoms with Gasteiger partial charge in [-0.15, -0.1) is 0 Å². The first kappa shape index (κ1) is 6.54. The molecule has 0 bridgehead atoms. The molecular weight excluding hydrogens is 142 g/mol. The summed E-state index contributed by atoms with van der Waals surface area (Å²) >= 11 is 0. The van der Waals surface area contributed by atoms with Crippen LogP contribution < -0.4 is 4.90 Å². The Morgan fingerprint density at radius 2 is 2.55 bits per heavy atom. The third-order valence-corrected chi connectivity index (χ3v) is 1.85. The van der Waals surface area contributed by atoms with Crippen molar-refractivity contribution < 1.29 is 5.11 Å². The molecule has 2 rings (SSSR count). The topological polar surface area (TPSA) is 49.2 Å². The summed E-state index contributed by atoms with van der Waals surface area (Å²) in [5, 5.41) is 9.23. The zero-order valence-electron chi connectivity index (χ0n) is 6.01. The Kier molecular flexibility index (Phi) is 1.47. The normalized spacial score (nSPS) is 23.0. The fourth-order valence-electron chi connectivity index (χ4n) is 1.09. The molecule has 0 radical (unpaired) electrons. The molecule has 1 N–H and O–H groups in total. The lowest BCUT2D eigenvalue weighted by molar-refractivity contribution is 0.112. The van der Waals surface area contributed by atoms with Crippen molar-refractivity contribution in [2.24, 2.45) is 0 Å². The summed E-state index contributed by atoms with van der Waals surface area (Å²) in [6.07, 6.45) is 3.66. The lowest BCUT2D eigenvalue weighted by atomic mass is 10.2. The molecule has 0 amide bonds. The monoisotopic (exact) mass is 151 g/mol.